The molecule has 2 aromatic carbocycles. The van der Waals surface area contributed by atoms with Gasteiger partial charge in [0.2, 0.25) is 0 Å². The average molecular weight is 504 g/mol. The molecule has 1 heterocycles. The number of ether oxygens (including phenoxy) is 1. The topological polar surface area (TPSA) is 95.2 Å². The van der Waals surface area contributed by atoms with Crippen LogP contribution < -0.4 is 10.1 Å². The minimum Gasteiger partial charge on any atom is -0.487 e. The molecular formula is C31H41N3O3. The number of rotatable bonds is 7. The number of aliphatic hydroxyl groups excluding tert-OH is 1. The lowest BCUT2D eigenvalue weighted by Crippen LogP contribution is -2.24. The summed E-state index contributed by atoms with van der Waals surface area (Å²) in [6, 6.07) is 16.8. The number of hydrogen-bond acceptors (Lipinski definition) is 5. The Morgan fingerprint density at radius 2 is 1.62 bits per heavy atom. The first-order valence-corrected chi connectivity index (χ1v) is 12.8. The highest BCUT2D eigenvalue weighted by Gasteiger charge is 2.16. The van der Waals surface area contributed by atoms with Gasteiger partial charge in [0.25, 0.3) is 5.91 Å². The maximum absolute atomic E-state index is 12.6. The van der Waals surface area contributed by atoms with Crippen LogP contribution in [0.2, 0.25) is 0 Å². The van der Waals surface area contributed by atoms with Crippen LogP contribution in [-0.4, -0.2) is 16.0 Å². The number of nitrogens with one attached hydrogen (secondary N) is 1. The van der Waals surface area contributed by atoms with Crippen molar-refractivity contribution in [3.8, 4) is 11.8 Å². The molecule has 6 heteroatoms. The van der Waals surface area contributed by atoms with E-state index in [4.69, 9.17) is 10.00 Å². The normalized spacial score (nSPS) is 10.2. The van der Waals surface area contributed by atoms with E-state index in [1.165, 1.54) is 0 Å². The van der Waals surface area contributed by atoms with Crippen LogP contribution in [0.25, 0.3) is 0 Å². The van der Waals surface area contributed by atoms with Gasteiger partial charge in [-0.1, -0.05) is 72.7 Å². The van der Waals surface area contributed by atoms with Crippen molar-refractivity contribution in [1.29, 1.82) is 5.26 Å². The number of nitriles is 1. The van der Waals surface area contributed by atoms with Gasteiger partial charge in [-0.05, 0) is 53.3 Å². The first-order chi connectivity index (χ1) is 17.7. The number of aliphatic hydroxyl groups is 1. The summed E-state index contributed by atoms with van der Waals surface area (Å²) in [5, 5.41) is 21.9. The van der Waals surface area contributed by atoms with Gasteiger partial charge in [-0.25, -0.2) is 0 Å². The Morgan fingerprint density at radius 3 is 2.14 bits per heavy atom. The van der Waals surface area contributed by atoms with Crippen molar-refractivity contribution in [1.82, 2.24) is 10.3 Å². The molecule has 0 bridgehead atoms. The lowest BCUT2D eigenvalue weighted by molar-refractivity contribution is 0.0950. The Bertz CT molecular complexity index is 1160. The molecule has 3 rings (SSSR count). The summed E-state index contributed by atoms with van der Waals surface area (Å²) < 4.78 is 5.98. The molecule has 2 N–H and O–H groups in total. The number of pyridine rings is 1. The zero-order valence-corrected chi connectivity index (χ0v) is 23.5. The molecule has 0 fully saturated rings. The minimum absolute atomic E-state index is 0.0206. The molecule has 0 spiro atoms. The van der Waals surface area contributed by atoms with Crippen molar-refractivity contribution in [3.05, 3.63) is 93.8 Å². The fraction of sp³-hybridized carbons (Fsp3) is 0.387. The van der Waals surface area contributed by atoms with E-state index in [1.807, 2.05) is 71.0 Å². The molecule has 0 aliphatic carbocycles. The van der Waals surface area contributed by atoms with Gasteiger partial charge in [0, 0.05) is 23.9 Å². The van der Waals surface area contributed by atoms with Crippen LogP contribution in [-0.2, 0) is 25.2 Å². The third-order valence-corrected chi connectivity index (χ3v) is 5.48. The van der Waals surface area contributed by atoms with Crippen molar-refractivity contribution in [2.45, 2.75) is 80.6 Å². The number of benzene rings is 2. The van der Waals surface area contributed by atoms with Crippen molar-refractivity contribution >= 4 is 5.91 Å². The smallest absolute Gasteiger partial charge is 0.251 e. The Balaban J connectivity index is 0.00000163. The predicted octanol–water partition coefficient (Wildman–Crippen LogP) is 6.61. The summed E-state index contributed by atoms with van der Waals surface area (Å²) in [6.07, 6.45) is 1.65. The van der Waals surface area contributed by atoms with Crippen LogP contribution in [0.15, 0.2) is 54.7 Å². The Hall–Kier alpha value is -3.69. The summed E-state index contributed by atoms with van der Waals surface area (Å²) >= 11 is 0. The SMILES string of the molecule is CC.CC.Cc1ncc(CNC(=O)c2ccc(C(C)(C)C)cc2)c(CO)c1OCc1ccc(C#N)cc1. The molecule has 0 radical (unpaired) electrons. The van der Waals surface area contributed by atoms with Crippen LogP contribution in [0.1, 0.15) is 92.3 Å². The number of aryl methyl sites for hydroxylation is 1. The fourth-order valence-electron chi connectivity index (χ4n) is 3.42. The molecule has 0 atom stereocenters. The summed E-state index contributed by atoms with van der Waals surface area (Å²) in [5.74, 6) is 0.308. The molecule has 0 saturated heterocycles. The molecule has 198 valence electrons. The van der Waals surface area contributed by atoms with E-state index in [0.717, 1.165) is 11.1 Å². The predicted molar refractivity (Wildman–Crippen MR) is 149 cm³/mol. The Morgan fingerprint density at radius 1 is 1.03 bits per heavy atom. The van der Waals surface area contributed by atoms with Gasteiger partial charge in [-0.3, -0.25) is 9.78 Å². The van der Waals surface area contributed by atoms with Crippen molar-refractivity contribution < 1.29 is 14.6 Å². The molecule has 0 saturated carbocycles. The van der Waals surface area contributed by atoms with E-state index >= 15 is 0 Å². The van der Waals surface area contributed by atoms with Gasteiger partial charge in [0.15, 0.2) is 0 Å². The van der Waals surface area contributed by atoms with Crippen LogP contribution in [0.3, 0.4) is 0 Å². The highest BCUT2D eigenvalue weighted by Crippen LogP contribution is 2.27. The lowest BCUT2D eigenvalue weighted by atomic mass is 9.87. The van der Waals surface area contributed by atoms with E-state index in [-0.39, 0.29) is 31.1 Å². The monoisotopic (exact) mass is 503 g/mol. The highest BCUT2D eigenvalue weighted by atomic mass is 16.5. The maximum Gasteiger partial charge on any atom is 0.251 e. The molecule has 3 aromatic rings. The maximum atomic E-state index is 12.6. The van der Waals surface area contributed by atoms with E-state index in [2.05, 4.69) is 37.1 Å². The van der Waals surface area contributed by atoms with Crippen LogP contribution >= 0.6 is 0 Å². The summed E-state index contributed by atoms with van der Waals surface area (Å²) in [6.45, 7) is 16.5. The molecule has 0 aliphatic rings. The average Bonchev–Trinajstić information content (AvgIpc) is 2.93. The van der Waals surface area contributed by atoms with Gasteiger partial charge in [-0.2, -0.15) is 5.26 Å². The third kappa shape index (κ3) is 9.04. The second-order valence-electron chi connectivity index (χ2n) is 8.94. The number of amides is 1. The Kier molecular flexibility index (Phi) is 13.1. The number of carbonyl (C=O) groups is 1. The fourth-order valence-corrected chi connectivity index (χ4v) is 3.42. The molecule has 0 aliphatic heterocycles. The minimum atomic E-state index is -0.239. The molecule has 37 heavy (non-hydrogen) atoms. The number of aromatic nitrogens is 1. The van der Waals surface area contributed by atoms with Gasteiger partial charge in [0.05, 0.1) is 23.9 Å². The summed E-state index contributed by atoms with van der Waals surface area (Å²) in [4.78, 5) is 17.0. The highest BCUT2D eigenvalue weighted by molar-refractivity contribution is 5.94. The number of hydrogen-bond donors (Lipinski definition) is 2. The van der Waals surface area contributed by atoms with Gasteiger partial charge >= 0.3 is 0 Å². The van der Waals surface area contributed by atoms with Crippen LogP contribution in [0, 0.1) is 18.3 Å². The lowest BCUT2D eigenvalue weighted by Gasteiger charge is -2.19. The van der Waals surface area contributed by atoms with E-state index in [0.29, 0.717) is 33.7 Å². The van der Waals surface area contributed by atoms with Crippen LogP contribution in [0.4, 0.5) is 0 Å². The third-order valence-electron chi connectivity index (χ3n) is 5.48. The Labute approximate surface area is 222 Å². The molecular weight excluding hydrogens is 462 g/mol. The second-order valence-corrected chi connectivity index (χ2v) is 8.94. The standard InChI is InChI=1S/C27H29N3O3.2C2H6/c1-18-25(33-17-20-7-5-19(13-28)6-8-20)24(16-31)22(14-29-18)15-30-26(32)21-9-11-23(12-10-21)27(2,3)4;2*1-2/h5-12,14,31H,15-17H2,1-4H3,(H,30,32);2*1-2H3. The second kappa shape index (κ2) is 15.4. The summed E-state index contributed by atoms with van der Waals surface area (Å²) in [5.41, 5.74) is 5.18. The zero-order valence-electron chi connectivity index (χ0n) is 23.5. The van der Waals surface area contributed by atoms with Crippen molar-refractivity contribution in [3.63, 3.8) is 0 Å². The van der Waals surface area contributed by atoms with E-state index < -0.39 is 0 Å². The van der Waals surface area contributed by atoms with Crippen molar-refractivity contribution in [2.24, 2.45) is 0 Å². The molecule has 1 aromatic heterocycles. The number of carbonyl (C=O) groups excluding carboxylic acids is 1. The van der Waals surface area contributed by atoms with Gasteiger partial charge in [-0.15, -0.1) is 0 Å². The van der Waals surface area contributed by atoms with Gasteiger partial charge in [0.1, 0.15) is 12.4 Å². The molecule has 6 nitrogen and oxygen atoms in total. The summed E-state index contributed by atoms with van der Waals surface area (Å²) in [7, 11) is 0. The van der Waals surface area contributed by atoms with E-state index in [1.54, 1.807) is 18.3 Å². The number of nitrogens with zero attached hydrogens (tertiary/aromatic N) is 2. The quantitative estimate of drug-likeness (QED) is 0.378. The van der Waals surface area contributed by atoms with Crippen molar-refractivity contribution in [2.75, 3.05) is 0 Å². The molecule has 0 unspecified atom stereocenters. The van der Waals surface area contributed by atoms with Crippen LogP contribution in [0.5, 0.6) is 5.75 Å². The first-order valence-electron chi connectivity index (χ1n) is 12.8. The zero-order chi connectivity index (χ0) is 28.0. The largest absolute Gasteiger partial charge is 0.487 e. The molecule has 1 amide bonds. The van der Waals surface area contributed by atoms with Gasteiger partial charge < -0.3 is 15.2 Å². The van der Waals surface area contributed by atoms with E-state index in [9.17, 15) is 9.90 Å². The first kappa shape index (κ1) is 31.3.